The van der Waals surface area contributed by atoms with E-state index in [4.69, 9.17) is 0 Å². The number of hydrogen-bond acceptors (Lipinski definition) is 7. The van der Waals surface area contributed by atoms with Crippen molar-refractivity contribution in [3.63, 3.8) is 0 Å². The highest BCUT2D eigenvalue weighted by Crippen LogP contribution is 2.36. The van der Waals surface area contributed by atoms with Crippen LogP contribution in [0.5, 0.6) is 0 Å². The van der Waals surface area contributed by atoms with E-state index in [0.717, 1.165) is 16.5 Å². The molecule has 0 aliphatic carbocycles. The molecule has 0 radical (unpaired) electrons. The van der Waals surface area contributed by atoms with Gasteiger partial charge in [-0.1, -0.05) is 19.9 Å². The number of aromatic nitrogens is 2. The highest BCUT2D eigenvalue weighted by atomic mass is 32.1. The molecule has 2 fully saturated rings. The number of rotatable bonds is 13. The van der Waals surface area contributed by atoms with Crippen molar-refractivity contribution >= 4 is 61.2 Å². The highest BCUT2D eigenvalue weighted by Gasteiger charge is 2.43. The van der Waals surface area contributed by atoms with Crippen LogP contribution >= 0.6 is 25.3 Å². The SMILES string of the molecule is Cc1c([C@H](O)C2NC(=O)[C@H](C)[C@H]2CCS)[nH]c(/C=c2/[nH]/c(=C/[C@H]3NC(=O)/C(=C/CS)C3C)c(C)c2CCC(=O)O)c1CCC(=O)O. The van der Waals surface area contributed by atoms with Gasteiger partial charge in [-0.3, -0.25) is 19.2 Å². The molecule has 2 aliphatic heterocycles. The predicted molar refractivity (Wildman–Crippen MR) is 181 cm³/mol. The van der Waals surface area contributed by atoms with Crippen molar-refractivity contribution in [2.24, 2.45) is 17.8 Å². The van der Waals surface area contributed by atoms with Crippen LogP contribution in [0.15, 0.2) is 11.6 Å². The molecule has 0 saturated carbocycles. The Morgan fingerprint density at radius 2 is 1.57 bits per heavy atom. The molecule has 0 bridgehead atoms. The van der Waals surface area contributed by atoms with Gasteiger partial charge in [0.25, 0.3) is 0 Å². The maximum absolute atomic E-state index is 12.6. The molecule has 0 aromatic carbocycles. The second-order valence-electron chi connectivity index (χ2n) is 12.3. The summed E-state index contributed by atoms with van der Waals surface area (Å²) in [5.41, 5.74) is 4.77. The third-order valence-corrected chi connectivity index (χ3v) is 9.98. The van der Waals surface area contributed by atoms with Gasteiger partial charge in [0, 0.05) is 58.1 Å². The van der Waals surface area contributed by atoms with Gasteiger partial charge >= 0.3 is 11.9 Å². The summed E-state index contributed by atoms with van der Waals surface area (Å²) in [6.45, 7) is 7.52. The van der Waals surface area contributed by atoms with Crippen molar-refractivity contribution in [1.29, 1.82) is 0 Å². The number of carboxylic acids is 2. The summed E-state index contributed by atoms with van der Waals surface area (Å²) in [7, 11) is 0. The molecule has 4 heterocycles. The van der Waals surface area contributed by atoms with E-state index in [2.05, 4.69) is 45.9 Å². The van der Waals surface area contributed by atoms with Gasteiger partial charge in [0.2, 0.25) is 11.8 Å². The van der Waals surface area contributed by atoms with Crippen LogP contribution in [0.25, 0.3) is 12.2 Å². The summed E-state index contributed by atoms with van der Waals surface area (Å²) < 4.78 is 0. The summed E-state index contributed by atoms with van der Waals surface area (Å²) in [4.78, 5) is 55.0. The smallest absolute Gasteiger partial charge is 0.303 e. The van der Waals surface area contributed by atoms with Crippen molar-refractivity contribution in [3.05, 3.63) is 56.0 Å². The number of H-pyrrole nitrogens is 2. The van der Waals surface area contributed by atoms with Gasteiger partial charge in [-0.2, -0.15) is 25.3 Å². The average molecular weight is 673 g/mol. The molecular weight excluding hydrogens is 629 g/mol. The number of thiol groups is 2. The Balaban J connectivity index is 1.85. The number of amides is 2. The van der Waals surface area contributed by atoms with E-state index in [1.165, 1.54) is 0 Å². The number of nitrogens with one attached hydrogen (secondary N) is 4. The molecule has 2 amide bonds. The van der Waals surface area contributed by atoms with Crippen LogP contribution < -0.4 is 21.3 Å². The molecule has 2 aliphatic rings. The first kappa shape index (κ1) is 35.4. The molecule has 250 valence electrons. The van der Waals surface area contributed by atoms with Crippen LogP contribution in [0.4, 0.5) is 0 Å². The number of aliphatic hydroxyl groups excluding tert-OH is 1. The standard InChI is InChI=1S/C33H44N4O7S2/c1-15-19(5-7-27(38)39)25(34-23(15)13-24-16(2)22(10-12-46)33(44)36-24)14-26-20(6-8-28(40)41)17(3)29(35-26)31(42)30-21(9-11-45)18(4)32(43)37-30/h10,13-14,16,18,21,24,30-31,34-35,42,45-46H,5-9,11-12H2,1-4H3,(H,36,44)(H,37,43)(H,38,39)(H,40,41)/b22-10+,23-13+,25-14+/t16?,18-,21-,24-,30?,31+/m1/s1. The van der Waals surface area contributed by atoms with E-state index in [-0.39, 0.29) is 61.3 Å². The van der Waals surface area contributed by atoms with Gasteiger partial charge in [0.1, 0.15) is 6.10 Å². The molecule has 2 saturated heterocycles. The zero-order chi connectivity index (χ0) is 33.9. The number of hydrogen-bond donors (Lipinski definition) is 9. The Morgan fingerprint density at radius 3 is 2.17 bits per heavy atom. The van der Waals surface area contributed by atoms with Crippen LogP contribution in [0.3, 0.4) is 0 Å². The molecule has 0 spiro atoms. The average Bonchev–Trinajstić information content (AvgIpc) is 3.65. The molecule has 11 nitrogen and oxygen atoms in total. The van der Waals surface area contributed by atoms with E-state index in [0.29, 0.717) is 51.4 Å². The fraction of sp³-hybridized carbons (Fsp3) is 0.515. The summed E-state index contributed by atoms with van der Waals surface area (Å²) in [5.74, 6) is -1.71. The van der Waals surface area contributed by atoms with Crippen LogP contribution in [0, 0.1) is 31.6 Å². The Hall–Kier alpha value is -3.42. The van der Waals surface area contributed by atoms with E-state index in [9.17, 15) is 34.5 Å². The number of carbonyl (C=O) groups excluding carboxylic acids is 2. The molecule has 46 heavy (non-hydrogen) atoms. The second-order valence-corrected chi connectivity index (χ2v) is 13.1. The number of aromatic amines is 2. The summed E-state index contributed by atoms with van der Waals surface area (Å²) in [5, 5.41) is 37.9. The minimum Gasteiger partial charge on any atom is -0.481 e. The Kier molecular flexibility index (Phi) is 11.5. The molecule has 13 heteroatoms. The molecule has 2 aromatic heterocycles. The molecule has 4 rings (SSSR count). The van der Waals surface area contributed by atoms with E-state index in [1.807, 2.05) is 39.8 Å². The lowest BCUT2D eigenvalue weighted by Gasteiger charge is -2.25. The monoisotopic (exact) mass is 672 g/mol. The normalized spacial score (nSPS) is 25.4. The summed E-state index contributed by atoms with van der Waals surface area (Å²) in [6, 6.07) is -0.830. The van der Waals surface area contributed by atoms with Crippen LogP contribution in [0.1, 0.15) is 72.9 Å². The molecular formula is C33H44N4O7S2. The van der Waals surface area contributed by atoms with Crippen LogP contribution in [-0.2, 0) is 32.0 Å². The van der Waals surface area contributed by atoms with Crippen LogP contribution in [-0.4, -0.2) is 72.6 Å². The maximum atomic E-state index is 12.6. The van der Waals surface area contributed by atoms with Crippen molar-refractivity contribution in [3.8, 4) is 0 Å². The van der Waals surface area contributed by atoms with Gasteiger partial charge in [-0.05, 0) is 79.2 Å². The predicted octanol–water partition coefficient (Wildman–Crippen LogP) is 1.70. The van der Waals surface area contributed by atoms with E-state index >= 15 is 0 Å². The maximum Gasteiger partial charge on any atom is 0.303 e. The van der Waals surface area contributed by atoms with Crippen molar-refractivity contribution in [2.45, 2.75) is 78.0 Å². The topological polar surface area (TPSA) is 185 Å². The van der Waals surface area contributed by atoms with Gasteiger partial charge in [-0.25, -0.2) is 0 Å². The molecule has 2 unspecified atom stereocenters. The number of carbonyl (C=O) groups is 4. The first-order valence-electron chi connectivity index (χ1n) is 15.6. The van der Waals surface area contributed by atoms with Crippen LogP contribution in [0.2, 0.25) is 0 Å². The van der Waals surface area contributed by atoms with Crippen molar-refractivity contribution < 1.29 is 34.5 Å². The summed E-state index contributed by atoms with van der Waals surface area (Å²) in [6.07, 6.45) is 5.32. The minimum atomic E-state index is -1.07. The van der Waals surface area contributed by atoms with Gasteiger partial charge in [-0.15, -0.1) is 0 Å². The summed E-state index contributed by atoms with van der Waals surface area (Å²) >= 11 is 8.59. The zero-order valence-corrected chi connectivity index (χ0v) is 28.3. The fourth-order valence-electron chi connectivity index (χ4n) is 6.80. The molecule has 6 atom stereocenters. The van der Waals surface area contributed by atoms with Gasteiger partial charge in [0.15, 0.2) is 0 Å². The molecule has 7 N–H and O–H groups in total. The zero-order valence-electron chi connectivity index (χ0n) is 26.5. The largest absolute Gasteiger partial charge is 0.481 e. The lowest BCUT2D eigenvalue weighted by atomic mass is 9.85. The Morgan fingerprint density at radius 1 is 0.913 bits per heavy atom. The second kappa shape index (κ2) is 15.0. The lowest BCUT2D eigenvalue weighted by molar-refractivity contribution is -0.138. The third kappa shape index (κ3) is 7.42. The van der Waals surface area contributed by atoms with Crippen molar-refractivity contribution in [1.82, 2.24) is 20.6 Å². The van der Waals surface area contributed by atoms with E-state index in [1.54, 1.807) is 6.08 Å². The highest BCUT2D eigenvalue weighted by molar-refractivity contribution is 7.80. The number of aliphatic carboxylic acids is 2. The van der Waals surface area contributed by atoms with Crippen molar-refractivity contribution in [2.75, 3.05) is 11.5 Å². The fourth-order valence-corrected chi connectivity index (χ4v) is 7.30. The Labute approximate surface area is 278 Å². The molecule has 2 aromatic rings. The van der Waals surface area contributed by atoms with Gasteiger partial charge in [0.05, 0.1) is 12.1 Å². The quantitative estimate of drug-likeness (QED) is 0.115. The van der Waals surface area contributed by atoms with E-state index < -0.39 is 24.1 Å². The number of aliphatic hydroxyl groups is 1. The third-order valence-electron chi connectivity index (χ3n) is 9.54. The Bertz CT molecular complexity index is 1660. The first-order chi connectivity index (χ1) is 21.8. The number of carboxylic acid groups (broad SMARTS) is 2. The lowest BCUT2D eigenvalue weighted by Crippen LogP contribution is -2.36. The minimum absolute atomic E-state index is 0.0971. The first-order valence-corrected chi connectivity index (χ1v) is 16.8. The van der Waals surface area contributed by atoms with Gasteiger partial charge < -0.3 is 35.9 Å².